The molecule has 0 aliphatic carbocycles. The molecule has 0 aliphatic heterocycles. The van der Waals surface area contributed by atoms with Crippen molar-refractivity contribution in [3.63, 3.8) is 0 Å². The fourth-order valence-electron chi connectivity index (χ4n) is 3.33. The molecule has 0 spiro atoms. The van der Waals surface area contributed by atoms with Crippen LogP contribution in [0.2, 0.25) is 0 Å². The van der Waals surface area contributed by atoms with Crippen molar-refractivity contribution in [2.75, 3.05) is 0 Å². The van der Waals surface area contributed by atoms with Gasteiger partial charge in [-0.1, -0.05) is 67.6 Å². The lowest BCUT2D eigenvalue weighted by Gasteiger charge is -2.15. The molecule has 1 unspecified atom stereocenters. The number of hydrogen-bond donors (Lipinski definition) is 0. The quantitative estimate of drug-likeness (QED) is 0.268. The summed E-state index contributed by atoms with van der Waals surface area (Å²) in [4.78, 5) is 4.79. The molecule has 2 heterocycles. The molecular formula is C25H28N4OS2. The largest absolute Gasteiger partial charge is 0.483 e. The molecule has 32 heavy (non-hydrogen) atoms. The predicted octanol–water partition coefficient (Wildman–Crippen LogP) is 6.80. The van der Waals surface area contributed by atoms with E-state index in [1.54, 1.807) is 23.1 Å². The van der Waals surface area contributed by atoms with E-state index in [0.717, 1.165) is 38.7 Å². The summed E-state index contributed by atoms with van der Waals surface area (Å²) in [5.41, 5.74) is 4.76. The summed E-state index contributed by atoms with van der Waals surface area (Å²) in [6.07, 6.45) is -0.195. The Hall–Kier alpha value is -2.64. The van der Waals surface area contributed by atoms with E-state index in [-0.39, 0.29) is 6.10 Å². The molecule has 2 aromatic heterocycles. The van der Waals surface area contributed by atoms with Gasteiger partial charge in [-0.05, 0) is 37.5 Å². The zero-order valence-corrected chi connectivity index (χ0v) is 20.7. The summed E-state index contributed by atoms with van der Waals surface area (Å²) in [5.74, 6) is 2.90. The minimum Gasteiger partial charge on any atom is -0.483 e. The first-order valence-corrected chi connectivity index (χ1v) is 12.6. The van der Waals surface area contributed by atoms with E-state index in [1.165, 1.54) is 11.1 Å². The van der Waals surface area contributed by atoms with Crippen LogP contribution in [0.5, 0.6) is 5.75 Å². The highest BCUT2D eigenvalue weighted by Crippen LogP contribution is 2.29. The third-order valence-corrected chi connectivity index (χ3v) is 7.29. The Balaban J connectivity index is 1.38. The van der Waals surface area contributed by atoms with Crippen LogP contribution in [0.4, 0.5) is 0 Å². The fourth-order valence-corrected chi connectivity index (χ4v) is 5.08. The van der Waals surface area contributed by atoms with Gasteiger partial charge in [0, 0.05) is 23.7 Å². The van der Waals surface area contributed by atoms with Crippen LogP contribution in [0.25, 0.3) is 10.6 Å². The summed E-state index contributed by atoms with van der Waals surface area (Å²) in [6, 6.07) is 16.8. The minimum absolute atomic E-state index is 0.195. The molecule has 0 fully saturated rings. The van der Waals surface area contributed by atoms with Gasteiger partial charge in [0.2, 0.25) is 0 Å². The summed E-state index contributed by atoms with van der Waals surface area (Å²) in [7, 11) is 1.98. The van der Waals surface area contributed by atoms with Crippen LogP contribution in [-0.4, -0.2) is 19.7 Å². The van der Waals surface area contributed by atoms with Crippen LogP contribution in [0, 0.1) is 6.92 Å². The first-order chi connectivity index (χ1) is 15.4. The molecule has 7 heteroatoms. The Morgan fingerprint density at radius 2 is 1.72 bits per heavy atom. The maximum absolute atomic E-state index is 6.11. The third kappa shape index (κ3) is 5.22. The van der Waals surface area contributed by atoms with Gasteiger partial charge in [0.1, 0.15) is 10.8 Å². The molecule has 0 N–H and O–H groups in total. The molecule has 4 rings (SSSR count). The number of hydrogen-bond acceptors (Lipinski definition) is 6. The monoisotopic (exact) mass is 464 g/mol. The molecule has 4 aromatic rings. The molecule has 0 saturated heterocycles. The second kappa shape index (κ2) is 9.88. The molecular weight excluding hydrogens is 436 g/mol. The van der Waals surface area contributed by atoms with Gasteiger partial charge in [-0.25, -0.2) is 4.98 Å². The van der Waals surface area contributed by atoms with Gasteiger partial charge < -0.3 is 9.30 Å². The van der Waals surface area contributed by atoms with Crippen LogP contribution in [0.1, 0.15) is 55.4 Å². The standard InChI is InChI=1S/C25H28N4OS2/c1-16(2)19-10-12-22(13-11-19)30-18(4)23-27-28-25(29(23)5)32-15-21-14-31-24(26-21)20-8-6-17(3)7-9-20/h6-14,16,18H,15H2,1-5H3. The van der Waals surface area contributed by atoms with E-state index < -0.39 is 0 Å². The van der Waals surface area contributed by atoms with Crippen molar-refractivity contribution in [1.82, 2.24) is 19.7 Å². The number of aromatic nitrogens is 4. The number of thiazole rings is 1. The smallest absolute Gasteiger partial charge is 0.191 e. The van der Waals surface area contributed by atoms with Crippen molar-refractivity contribution in [2.24, 2.45) is 7.05 Å². The highest BCUT2D eigenvalue weighted by molar-refractivity contribution is 7.98. The number of ether oxygens (including phenoxy) is 1. The van der Waals surface area contributed by atoms with Crippen molar-refractivity contribution in [1.29, 1.82) is 0 Å². The lowest BCUT2D eigenvalue weighted by molar-refractivity contribution is 0.211. The molecule has 0 aliphatic rings. The molecule has 0 amide bonds. The lowest BCUT2D eigenvalue weighted by atomic mass is 10.0. The van der Waals surface area contributed by atoms with Crippen molar-refractivity contribution in [3.8, 4) is 16.3 Å². The molecule has 166 valence electrons. The number of aryl methyl sites for hydroxylation is 1. The zero-order chi connectivity index (χ0) is 22.7. The summed E-state index contributed by atoms with van der Waals surface area (Å²) < 4.78 is 8.11. The van der Waals surface area contributed by atoms with Gasteiger partial charge in [-0.2, -0.15) is 0 Å². The summed E-state index contributed by atoms with van der Waals surface area (Å²) in [5, 5.41) is 12.8. The van der Waals surface area contributed by atoms with Gasteiger partial charge in [0.05, 0.1) is 5.69 Å². The Morgan fingerprint density at radius 3 is 2.41 bits per heavy atom. The van der Waals surface area contributed by atoms with Crippen molar-refractivity contribution >= 4 is 23.1 Å². The third-order valence-electron chi connectivity index (χ3n) is 5.29. The van der Waals surface area contributed by atoms with E-state index in [1.807, 2.05) is 30.7 Å². The second-order valence-corrected chi connectivity index (χ2v) is 9.98. The number of benzene rings is 2. The average Bonchev–Trinajstić information content (AvgIpc) is 3.40. The highest BCUT2D eigenvalue weighted by Gasteiger charge is 2.18. The summed E-state index contributed by atoms with van der Waals surface area (Å²) >= 11 is 3.31. The fraction of sp³-hybridized carbons (Fsp3) is 0.320. The molecule has 2 aromatic carbocycles. The average molecular weight is 465 g/mol. The number of thioether (sulfide) groups is 1. The van der Waals surface area contributed by atoms with Crippen LogP contribution in [-0.2, 0) is 12.8 Å². The van der Waals surface area contributed by atoms with Gasteiger partial charge >= 0.3 is 0 Å². The number of nitrogens with zero attached hydrogens (tertiary/aromatic N) is 4. The van der Waals surface area contributed by atoms with Crippen LogP contribution in [0.3, 0.4) is 0 Å². The Labute approximate surface area is 197 Å². The molecule has 0 radical (unpaired) electrons. The lowest BCUT2D eigenvalue weighted by Crippen LogP contribution is -2.10. The van der Waals surface area contributed by atoms with E-state index in [0.29, 0.717) is 5.92 Å². The molecule has 5 nitrogen and oxygen atoms in total. The maximum Gasteiger partial charge on any atom is 0.191 e. The first kappa shape index (κ1) is 22.6. The highest BCUT2D eigenvalue weighted by atomic mass is 32.2. The van der Waals surface area contributed by atoms with Crippen molar-refractivity contribution in [2.45, 2.75) is 50.6 Å². The van der Waals surface area contributed by atoms with Crippen molar-refractivity contribution < 1.29 is 4.74 Å². The van der Waals surface area contributed by atoms with Gasteiger partial charge in [-0.15, -0.1) is 21.5 Å². The van der Waals surface area contributed by atoms with Gasteiger partial charge in [0.25, 0.3) is 0 Å². The Kier molecular flexibility index (Phi) is 6.96. The topological polar surface area (TPSA) is 52.8 Å². The Bertz CT molecular complexity index is 1160. The Morgan fingerprint density at radius 1 is 1.00 bits per heavy atom. The van der Waals surface area contributed by atoms with E-state index >= 15 is 0 Å². The number of rotatable bonds is 8. The van der Waals surface area contributed by atoms with Crippen LogP contribution >= 0.6 is 23.1 Å². The normalized spacial score (nSPS) is 12.3. The van der Waals surface area contributed by atoms with E-state index in [9.17, 15) is 0 Å². The SMILES string of the molecule is Cc1ccc(-c2nc(CSc3nnc(C(C)Oc4ccc(C(C)C)cc4)n3C)cs2)cc1. The predicted molar refractivity (Wildman–Crippen MR) is 132 cm³/mol. The van der Waals surface area contributed by atoms with Crippen LogP contribution in [0.15, 0.2) is 59.1 Å². The molecule has 0 bridgehead atoms. The van der Waals surface area contributed by atoms with Crippen molar-refractivity contribution in [3.05, 3.63) is 76.6 Å². The van der Waals surface area contributed by atoms with Gasteiger partial charge in [0.15, 0.2) is 17.1 Å². The maximum atomic E-state index is 6.11. The first-order valence-electron chi connectivity index (χ1n) is 10.7. The molecule has 0 saturated carbocycles. The van der Waals surface area contributed by atoms with E-state index in [2.05, 4.69) is 72.7 Å². The minimum atomic E-state index is -0.195. The zero-order valence-electron chi connectivity index (χ0n) is 19.1. The van der Waals surface area contributed by atoms with Gasteiger partial charge in [-0.3, -0.25) is 0 Å². The molecule has 1 atom stereocenters. The van der Waals surface area contributed by atoms with Crippen LogP contribution < -0.4 is 4.74 Å². The second-order valence-electron chi connectivity index (χ2n) is 8.18. The van der Waals surface area contributed by atoms with E-state index in [4.69, 9.17) is 9.72 Å². The summed E-state index contributed by atoms with van der Waals surface area (Å²) in [6.45, 7) is 8.47.